The van der Waals surface area contributed by atoms with Crippen LogP contribution in [0, 0.1) is 88.8 Å². The molecule has 0 aliphatic heterocycles. The summed E-state index contributed by atoms with van der Waals surface area (Å²) in [6.07, 6.45) is 10.8. The Morgan fingerprint density at radius 1 is 0.735 bits per heavy atom. The van der Waals surface area contributed by atoms with Crippen molar-refractivity contribution < 1.29 is 22.1 Å². The molecule has 186 valence electrons. The van der Waals surface area contributed by atoms with Crippen molar-refractivity contribution in [1.82, 2.24) is 0 Å². The fraction of sp³-hybridized carbons (Fsp3) is 0.893. The van der Waals surface area contributed by atoms with Crippen LogP contribution in [0.5, 0.6) is 0 Å². The molecule has 0 amide bonds. The number of fused-ring (bicyclic) bond motifs is 23. The van der Waals surface area contributed by atoms with Crippen LogP contribution in [0.3, 0.4) is 0 Å². The summed E-state index contributed by atoms with van der Waals surface area (Å²) in [7, 11) is -3.64. The average molecular weight is 487 g/mol. The van der Waals surface area contributed by atoms with Crippen molar-refractivity contribution >= 4 is 16.1 Å². The topological polar surface area (TPSA) is 69.7 Å². The van der Waals surface area contributed by atoms with Crippen molar-refractivity contribution in [1.29, 1.82) is 0 Å². The van der Waals surface area contributed by atoms with Gasteiger partial charge in [-0.25, -0.2) is 0 Å². The standard InChI is InChI=1S/C28H38O5S/c1-28(2,3)32-27(29)25-17-10-18(26(25)33-34(4,30)31)24-16-9-15(23(17)24)21-13-8-14(22(16)21)20-12-6-5-11(7-12)19(13)20/h5-6,11-26H,7-10H2,1-4H3. The van der Waals surface area contributed by atoms with Crippen LogP contribution < -0.4 is 0 Å². The van der Waals surface area contributed by atoms with Crippen molar-refractivity contribution in [2.45, 2.75) is 58.2 Å². The first-order chi connectivity index (χ1) is 16.0. The molecule has 0 aromatic carbocycles. The smallest absolute Gasteiger partial charge is 0.312 e. The Bertz CT molecular complexity index is 1090. The van der Waals surface area contributed by atoms with Crippen molar-refractivity contribution in [3.63, 3.8) is 0 Å². The predicted octanol–water partition coefficient (Wildman–Crippen LogP) is 4.14. The third kappa shape index (κ3) is 2.51. The van der Waals surface area contributed by atoms with Crippen molar-refractivity contribution in [3.8, 4) is 0 Å². The molecule has 0 aromatic heterocycles. The summed E-state index contributed by atoms with van der Waals surface area (Å²) in [5.74, 6) is 9.34. The van der Waals surface area contributed by atoms with Gasteiger partial charge in [-0.3, -0.25) is 8.98 Å². The van der Waals surface area contributed by atoms with E-state index in [2.05, 4.69) is 12.2 Å². The second kappa shape index (κ2) is 6.33. The molecule has 7 fully saturated rings. The molecule has 6 heteroatoms. The highest BCUT2D eigenvalue weighted by atomic mass is 32.2. The lowest BCUT2D eigenvalue weighted by atomic mass is 9.54. The molecule has 5 nitrogen and oxygen atoms in total. The van der Waals surface area contributed by atoms with E-state index in [0.29, 0.717) is 11.8 Å². The van der Waals surface area contributed by atoms with Gasteiger partial charge in [0.15, 0.2) is 0 Å². The summed E-state index contributed by atoms with van der Waals surface area (Å²) < 4.78 is 36.1. The van der Waals surface area contributed by atoms with E-state index in [1.807, 2.05) is 20.8 Å². The molecule has 0 aromatic rings. The molecule has 34 heavy (non-hydrogen) atoms. The van der Waals surface area contributed by atoms with Crippen LogP contribution in [0.15, 0.2) is 12.2 Å². The van der Waals surface area contributed by atoms with E-state index >= 15 is 0 Å². The van der Waals surface area contributed by atoms with Gasteiger partial charge in [-0.1, -0.05) is 12.2 Å². The number of hydrogen-bond donors (Lipinski definition) is 0. The lowest BCUT2D eigenvalue weighted by Gasteiger charge is -2.51. The fourth-order valence-corrected chi connectivity index (χ4v) is 13.1. The largest absolute Gasteiger partial charge is 0.460 e. The van der Waals surface area contributed by atoms with Gasteiger partial charge in [-0.15, -0.1) is 0 Å². The van der Waals surface area contributed by atoms with Crippen molar-refractivity contribution in [2.75, 3.05) is 6.26 Å². The Kier molecular flexibility index (Phi) is 3.95. The summed E-state index contributed by atoms with van der Waals surface area (Å²) in [5.41, 5.74) is -0.581. The van der Waals surface area contributed by atoms with E-state index in [0.717, 1.165) is 71.9 Å². The van der Waals surface area contributed by atoms with Crippen LogP contribution in [0.2, 0.25) is 0 Å². The summed E-state index contributed by atoms with van der Waals surface area (Å²) in [4.78, 5) is 13.4. The number of hydrogen-bond acceptors (Lipinski definition) is 5. The fourth-order valence-electron chi connectivity index (χ4n) is 12.5. The molecule has 16 unspecified atom stereocenters. The summed E-state index contributed by atoms with van der Waals surface area (Å²) >= 11 is 0. The van der Waals surface area contributed by atoms with Gasteiger partial charge in [0, 0.05) is 0 Å². The Labute approximate surface area is 203 Å². The monoisotopic (exact) mass is 486 g/mol. The molecule has 8 aliphatic rings. The second-order valence-electron chi connectivity index (χ2n) is 14.4. The Morgan fingerprint density at radius 2 is 1.21 bits per heavy atom. The maximum atomic E-state index is 13.4. The molecule has 8 rings (SSSR count). The van der Waals surface area contributed by atoms with Crippen LogP contribution in [0.1, 0.15) is 46.5 Å². The third-order valence-electron chi connectivity index (χ3n) is 12.3. The molecule has 7 saturated carbocycles. The first kappa shape index (κ1) is 21.2. The van der Waals surface area contributed by atoms with Crippen LogP contribution in [0.4, 0.5) is 0 Å². The lowest BCUT2D eigenvalue weighted by molar-refractivity contribution is -0.169. The maximum absolute atomic E-state index is 13.4. The number of ether oxygens (including phenoxy) is 1. The van der Waals surface area contributed by atoms with Crippen molar-refractivity contribution in [2.24, 2.45) is 88.8 Å². The lowest BCUT2D eigenvalue weighted by Crippen LogP contribution is -2.52. The van der Waals surface area contributed by atoms with Crippen molar-refractivity contribution in [3.05, 3.63) is 12.2 Å². The average Bonchev–Trinajstić information content (AvgIpc) is 3.55. The predicted molar refractivity (Wildman–Crippen MR) is 126 cm³/mol. The molecule has 0 N–H and O–H groups in total. The minimum Gasteiger partial charge on any atom is -0.460 e. The number of rotatable bonds is 3. The molecular formula is C28H38O5S. The number of carbonyl (C=O) groups is 1. The molecule has 0 saturated heterocycles. The minimum atomic E-state index is -3.64. The van der Waals surface area contributed by atoms with Gasteiger partial charge >= 0.3 is 5.97 Å². The molecule has 16 atom stereocenters. The zero-order chi connectivity index (χ0) is 23.5. The summed E-state index contributed by atoms with van der Waals surface area (Å²) in [6, 6.07) is 0. The SMILES string of the molecule is CC(C)(C)OC(=O)C1C2CC(C1OS(C)(=O)=O)C1C3CC(C21)C1C2CC(C4C5C=CC(C5)C24)C31. The molecule has 0 spiro atoms. The van der Waals surface area contributed by atoms with Gasteiger partial charge in [0.25, 0.3) is 10.1 Å². The van der Waals surface area contributed by atoms with Gasteiger partial charge in [-0.2, -0.15) is 8.42 Å². The van der Waals surface area contributed by atoms with Crippen LogP contribution in [-0.2, 0) is 23.8 Å². The van der Waals surface area contributed by atoms with E-state index in [9.17, 15) is 13.2 Å². The third-order valence-corrected chi connectivity index (χ3v) is 12.8. The summed E-state index contributed by atoms with van der Waals surface area (Å²) in [6.45, 7) is 5.68. The molecule has 8 bridgehead atoms. The first-order valence-corrected chi connectivity index (χ1v) is 15.6. The molecule has 8 aliphatic carbocycles. The minimum absolute atomic E-state index is 0.188. The number of allylic oxidation sites excluding steroid dienone is 2. The van der Waals surface area contributed by atoms with Gasteiger partial charge in [0.1, 0.15) is 5.60 Å². The summed E-state index contributed by atoms with van der Waals surface area (Å²) in [5, 5.41) is 0. The maximum Gasteiger partial charge on any atom is 0.312 e. The second-order valence-corrected chi connectivity index (χ2v) is 16.0. The van der Waals surface area contributed by atoms with E-state index in [-0.39, 0.29) is 17.8 Å². The zero-order valence-corrected chi connectivity index (χ0v) is 21.5. The van der Waals surface area contributed by atoms with Gasteiger partial charge in [0.2, 0.25) is 0 Å². The molecule has 0 radical (unpaired) electrons. The van der Waals surface area contributed by atoms with Crippen LogP contribution >= 0.6 is 0 Å². The van der Waals surface area contributed by atoms with Crippen LogP contribution in [0.25, 0.3) is 0 Å². The molecular weight excluding hydrogens is 448 g/mol. The number of esters is 1. The Balaban J connectivity index is 1.14. The van der Waals surface area contributed by atoms with Gasteiger partial charge in [0.05, 0.1) is 18.3 Å². The van der Waals surface area contributed by atoms with E-state index in [4.69, 9.17) is 8.92 Å². The highest BCUT2D eigenvalue weighted by Gasteiger charge is 2.77. The normalized spacial score (nSPS) is 59.1. The van der Waals surface area contributed by atoms with Gasteiger partial charge in [-0.05, 0) is 129 Å². The quantitative estimate of drug-likeness (QED) is 0.260. The zero-order valence-electron chi connectivity index (χ0n) is 20.7. The van der Waals surface area contributed by atoms with Gasteiger partial charge < -0.3 is 4.74 Å². The molecule has 0 heterocycles. The Hall–Kier alpha value is -0.880. The number of carbonyl (C=O) groups excluding carboxylic acids is 1. The highest BCUT2D eigenvalue weighted by molar-refractivity contribution is 7.86. The van der Waals surface area contributed by atoms with E-state index in [1.54, 1.807) is 0 Å². The van der Waals surface area contributed by atoms with E-state index < -0.39 is 27.7 Å². The van der Waals surface area contributed by atoms with E-state index in [1.165, 1.54) is 19.3 Å². The van der Waals surface area contributed by atoms with Crippen LogP contribution in [-0.4, -0.2) is 32.3 Å². The first-order valence-electron chi connectivity index (χ1n) is 13.8. The highest BCUT2D eigenvalue weighted by Crippen LogP contribution is 2.81. The Morgan fingerprint density at radius 3 is 1.74 bits per heavy atom.